The minimum Gasteiger partial charge on any atom is -0.478 e. The van der Waals surface area contributed by atoms with Gasteiger partial charge in [0.1, 0.15) is 5.82 Å². The van der Waals surface area contributed by atoms with Crippen molar-refractivity contribution in [2.75, 3.05) is 0 Å². The van der Waals surface area contributed by atoms with Crippen molar-refractivity contribution in [1.82, 2.24) is 0 Å². The van der Waals surface area contributed by atoms with Gasteiger partial charge in [-0.15, -0.1) is 0 Å². The van der Waals surface area contributed by atoms with Gasteiger partial charge in [-0.3, -0.25) is 0 Å². The van der Waals surface area contributed by atoms with E-state index in [9.17, 15) is 14.0 Å². The predicted octanol–water partition coefficient (Wildman–Crippen LogP) is 2.25. The Hall–Kier alpha value is -1.91. The summed E-state index contributed by atoms with van der Waals surface area (Å²) in [5.41, 5.74) is -0.971. The maximum atomic E-state index is 12.5. The zero-order valence-electron chi connectivity index (χ0n) is 8.32. The van der Waals surface area contributed by atoms with Gasteiger partial charge in [0.2, 0.25) is 0 Å². The standard InChI is InChI=1S/C8H5FO4.C2H6/c9-4-1-2-5(7(10)11)6(3-4)8(12)13;1-2/h1-3H,(H,10,11)(H,12,13);1-2H3. The summed E-state index contributed by atoms with van der Waals surface area (Å²) in [5, 5.41) is 17.0. The maximum Gasteiger partial charge on any atom is 0.336 e. The highest BCUT2D eigenvalue weighted by atomic mass is 19.1. The first-order valence-corrected chi connectivity index (χ1v) is 4.28. The van der Waals surface area contributed by atoms with E-state index in [0.29, 0.717) is 6.07 Å². The van der Waals surface area contributed by atoms with Gasteiger partial charge in [-0.25, -0.2) is 14.0 Å². The molecule has 0 aliphatic rings. The van der Waals surface area contributed by atoms with Gasteiger partial charge >= 0.3 is 11.9 Å². The Balaban J connectivity index is 0.000000921. The van der Waals surface area contributed by atoms with Crippen LogP contribution in [0.4, 0.5) is 4.39 Å². The van der Waals surface area contributed by atoms with Crippen LogP contribution in [0.5, 0.6) is 0 Å². The molecule has 0 spiro atoms. The number of hydrogen-bond donors (Lipinski definition) is 2. The Morgan fingerprint density at radius 3 is 1.93 bits per heavy atom. The molecule has 0 aromatic heterocycles. The average molecular weight is 214 g/mol. The van der Waals surface area contributed by atoms with Crippen LogP contribution in [0.15, 0.2) is 18.2 Å². The number of halogens is 1. The van der Waals surface area contributed by atoms with Crippen LogP contribution in [0.25, 0.3) is 0 Å². The second-order valence-electron chi connectivity index (χ2n) is 2.30. The lowest BCUT2D eigenvalue weighted by molar-refractivity contribution is 0.0651. The summed E-state index contributed by atoms with van der Waals surface area (Å²) in [6, 6.07) is 2.49. The van der Waals surface area contributed by atoms with Crippen molar-refractivity contribution in [2.45, 2.75) is 13.8 Å². The molecule has 0 aliphatic carbocycles. The molecule has 82 valence electrons. The minimum absolute atomic E-state index is 0.422. The van der Waals surface area contributed by atoms with Crippen molar-refractivity contribution >= 4 is 11.9 Å². The van der Waals surface area contributed by atoms with Crippen LogP contribution >= 0.6 is 0 Å². The van der Waals surface area contributed by atoms with E-state index in [1.165, 1.54) is 0 Å². The van der Waals surface area contributed by atoms with Crippen LogP contribution < -0.4 is 0 Å². The van der Waals surface area contributed by atoms with Gasteiger partial charge in [0.05, 0.1) is 11.1 Å². The molecule has 0 fully saturated rings. The molecule has 0 atom stereocenters. The van der Waals surface area contributed by atoms with Gasteiger partial charge in [-0.05, 0) is 18.2 Å². The molecule has 1 rings (SSSR count). The molecular formula is C10H11FO4. The molecule has 0 heterocycles. The van der Waals surface area contributed by atoms with Crippen molar-refractivity contribution in [2.24, 2.45) is 0 Å². The second-order valence-corrected chi connectivity index (χ2v) is 2.30. The van der Waals surface area contributed by atoms with E-state index in [2.05, 4.69) is 0 Å². The highest BCUT2D eigenvalue weighted by Gasteiger charge is 2.15. The first kappa shape index (κ1) is 13.1. The van der Waals surface area contributed by atoms with Crippen LogP contribution in [0.3, 0.4) is 0 Å². The summed E-state index contributed by atoms with van der Waals surface area (Å²) in [7, 11) is 0. The molecule has 15 heavy (non-hydrogen) atoms. The number of hydrogen-bond acceptors (Lipinski definition) is 2. The molecule has 0 amide bonds. The SMILES string of the molecule is CC.O=C(O)c1ccc(F)cc1C(=O)O. The van der Waals surface area contributed by atoms with E-state index in [-0.39, 0.29) is 0 Å². The number of benzene rings is 1. The summed E-state index contributed by atoms with van der Waals surface area (Å²) in [5.74, 6) is -3.63. The quantitative estimate of drug-likeness (QED) is 0.791. The van der Waals surface area contributed by atoms with Crippen molar-refractivity contribution < 1.29 is 24.2 Å². The van der Waals surface area contributed by atoms with Crippen LogP contribution in [-0.2, 0) is 0 Å². The van der Waals surface area contributed by atoms with Crippen LogP contribution in [-0.4, -0.2) is 22.2 Å². The van der Waals surface area contributed by atoms with E-state index in [1.54, 1.807) is 0 Å². The van der Waals surface area contributed by atoms with Crippen LogP contribution in [0.1, 0.15) is 34.6 Å². The molecule has 1 aromatic carbocycles. The van der Waals surface area contributed by atoms with Crippen LogP contribution in [0.2, 0.25) is 0 Å². The first-order chi connectivity index (χ1) is 7.02. The van der Waals surface area contributed by atoms with Gasteiger partial charge in [0.15, 0.2) is 0 Å². The monoisotopic (exact) mass is 214 g/mol. The number of rotatable bonds is 2. The molecule has 5 heteroatoms. The maximum absolute atomic E-state index is 12.5. The number of carbonyl (C=O) groups is 2. The molecule has 4 nitrogen and oxygen atoms in total. The lowest BCUT2D eigenvalue weighted by atomic mass is 10.1. The number of carboxylic acids is 2. The third-order valence-electron chi connectivity index (χ3n) is 1.44. The summed E-state index contributed by atoms with van der Waals surface area (Å²) >= 11 is 0. The van der Waals surface area contributed by atoms with E-state index in [0.717, 1.165) is 12.1 Å². The molecule has 0 saturated heterocycles. The molecule has 0 unspecified atom stereocenters. The molecule has 2 N–H and O–H groups in total. The summed E-state index contributed by atoms with van der Waals surface area (Å²) < 4.78 is 12.5. The van der Waals surface area contributed by atoms with Gasteiger partial charge in [0.25, 0.3) is 0 Å². The van der Waals surface area contributed by atoms with Crippen molar-refractivity contribution in [3.63, 3.8) is 0 Å². The van der Waals surface area contributed by atoms with Gasteiger partial charge < -0.3 is 10.2 Å². The van der Waals surface area contributed by atoms with Gasteiger partial charge in [0, 0.05) is 0 Å². The normalized spacial score (nSPS) is 8.73. The number of carboxylic acid groups (broad SMARTS) is 2. The van der Waals surface area contributed by atoms with Crippen molar-refractivity contribution in [3.8, 4) is 0 Å². The van der Waals surface area contributed by atoms with Crippen molar-refractivity contribution in [1.29, 1.82) is 0 Å². The minimum atomic E-state index is -1.46. The fourth-order valence-corrected chi connectivity index (χ4v) is 0.880. The smallest absolute Gasteiger partial charge is 0.336 e. The van der Waals surface area contributed by atoms with Gasteiger partial charge in [-0.1, -0.05) is 13.8 Å². The molecule has 0 aliphatic heterocycles. The topological polar surface area (TPSA) is 74.6 Å². The zero-order chi connectivity index (χ0) is 12.0. The third kappa shape index (κ3) is 3.38. The largest absolute Gasteiger partial charge is 0.478 e. The fourth-order valence-electron chi connectivity index (χ4n) is 0.880. The van der Waals surface area contributed by atoms with E-state index < -0.39 is 28.9 Å². The lowest BCUT2D eigenvalue weighted by Gasteiger charge is -1.99. The molecular weight excluding hydrogens is 203 g/mol. The highest BCUT2D eigenvalue weighted by molar-refractivity contribution is 6.01. The second kappa shape index (κ2) is 5.74. The van der Waals surface area contributed by atoms with E-state index in [1.807, 2.05) is 13.8 Å². The first-order valence-electron chi connectivity index (χ1n) is 4.28. The summed E-state index contributed by atoms with van der Waals surface area (Å²) in [6.45, 7) is 4.00. The number of aromatic carboxylic acids is 2. The fraction of sp³-hybridized carbons (Fsp3) is 0.200. The Morgan fingerprint density at radius 1 is 1.07 bits per heavy atom. The predicted molar refractivity (Wildman–Crippen MR) is 51.7 cm³/mol. The molecule has 0 radical (unpaired) electrons. The third-order valence-corrected chi connectivity index (χ3v) is 1.44. The Bertz CT molecular complexity index is 374. The Morgan fingerprint density at radius 2 is 1.53 bits per heavy atom. The van der Waals surface area contributed by atoms with Crippen molar-refractivity contribution in [3.05, 3.63) is 35.1 Å². The van der Waals surface area contributed by atoms with E-state index >= 15 is 0 Å². The Kier molecular flexibility index (Phi) is 5.01. The summed E-state index contributed by atoms with van der Waals surface area (Å²) in [4.78, 5) is 20.9. The lowest BCUT2D eigenvalue weighted by Crippen LogP contribution is -2.08. The van der Waals surface area contributed by atoms with Gasteiger partial charge in [-0.2, -0.15) is 0 Å². The molecule has 0 bridgehead atoms. The van der Waals surface area contributed by atoms with E-state index in [4.69, 9.17) is 10.2 Å². The molecule has 1 aromatic rings. The summed E-state index contributed by atoms with van der Waals surface area (Å²) in [6.07, 6.45) is 0. The molecule has 0 saturated carbocycles. The van der Waals surface area contributed by atoms with Crippen LogP contribution in [0, 0.1) is 5.82 Å². The Labute approximate surface area is 86.0 Å². The zero-order valence-corrected chi connectivity index (χ0v) is 8.32. The average Bonchev–Trinajstić information content (AvgIpc) is 2.20. The highest BCUT2D eigenvalue weighted by Crippen LogP contribution is 2.11.